The summed E-state index contributed by atoms with van der Waals surface area (Å²) in [6, 6.07) is 0. The Morgan fingerprint density at radius 1 is 0.714 bits per heavy atom. The molecule has 0 amide bonds. The lowest BCUT2D eigenvalue weighted by atomic mass is 10.2. The highest BCUT2D eigenvalue weighted by Gasteiger charge is 2.35. The summed E-state index contributed by atoms with van der Waals surface area (Å²) in [4.78, 5) is 7.53. The minimum Gasteiger partial charge on any atom is -0.288 e. The van der Waals surface area contributed by atoms with Crippen LogP contribution in [0.15, 0.2) is 0 Å². The topological polar surface area (TPSA) is 15.4 Å². The number of hydrogen-bond acceptors (Lipinski definition) is 2. The first-order valence-electron chi connectivity index (χ1n) is 5.22. The van der Waals surface area contributed by atoms with Crippen LogP contribution in [-0.4, -0.2) is 78.5 Å². The fraction of sp³-hybridized carbons (Fsp3) is 1.00. The largest absolute Gasteiger partial charge is 0.288 e. The van der Waals surface area contributed by atoms with E-state index in [4.69, 9.17) is 0 Å². The molecule has 0 unspecified atom stereocenters. The zero-order valence-electron chi connectivity index (χ0n) is 11.0. The second kappa shape index (κ2) is 5.66. The van der Waals surface area contributed by atoms with E-state index in [1.165, 1.54) is 9.80 Å². The molecule has 0 aromatic rings. The van der Waals surface area contributed by atoms with Gasteiger partial charge in [0.15, 0.2) is 6.17 Å². The van der Waals surface area contributed by atoms with Crippen LogP contribution < -0.4 is 9.80 Å². The van der Waals surface area contributed by atoms with E-state index in [-0.39, 0.29) is 0 Å². The standard InChI is InChI=1S/C10H26N4/c1-11(2)9(12(3)4)10(13(5)6)14(7)8/h9-10H,1-8H3/p+2. The van der Waals surface area contributed by atoms with Gasteiger partial charge in [-0.25, -0.2) is 0 Å². The predicted octanol–water partition coefficient (Wildman–Crippen LogP) is -2.95. The minimum absolute atomic E-state index is 0.463. The molecule has 0 rings (SSSR count). The lowest BCUT2D eigenvalue weighted by Gasteiger charge is -2.38. The summed E-state index contributed by atoms with van der Waals surface area (Å²) in [6.07, 6.45) is 1.02. The van der Waals surface area contributed by atoms with Gasteiger partial charge in [0.1, 0.15) is 0 Å². The van der Waals surface area contributed by atoms with Crippen molar-refractivity contribution in [1.29, 1.82) is 0 Å². The Morgan fingerprint density at radius 2 is 1.00 bits per heavy atom. The Kier molecular flexibility index (Phi) is 5.59. The van der Waals surface area contributed by atoms with Gasteiger partial charge in [-0.1, -0.05) is 0 Å². The van der Waals surface area contributed by atoms with Gasteiger partial charge in [-0.3, -0.25) is 19.6 Å². The smallest absolute Gasteiger partial charge is 0.242 e. The van der Waals surface area contributed by atoms with Crippen molar-refractivity contribution in [3.63, 3.8) is 0 Å². The van der Waals surface area contributed by atoms with Crippen LogP contribution in [0.2, 0.25) is 0 Å². The van der Waals surface area contributed by atoms with E-state index >= 15 is 0 Å². The molecule has 0 atom stereocenters. The van der Waals surface area contributed by atoms with Gasteiger partial charge >= 0.3 is 0 Å². The average molecular weight is 204 g/mol. The highest BCUT2D eigenvalue weighted by Crippen LogP contribution is 1.96. The molecule has 0 heterocycles. The van der Waals surface area contributed by atoms with Gasteiger partial charge in [-0.2, -0.15) is 0 Å². The number of hydrogen-bond donors (Lipinski definition) is 2. The predicted molar refractivity (Wildman–Crippen MR) is 60.6 cm³/mol. The van der Waals surface area contributed by atoms with Crippen molar-refractivity contribution < 1.29 is 9.80 Å². The molecular formula is C10H28N4+2. The van der Waals surface area contributed by atoms with Crippen LogP contribution in [0.25, 0.3) is 0 Å². The fourth-order valence-corrected chi connectivity index (χ4v) is 2.23. The maximum absolute atomic E-state index is 2.28. The van der Waals surface area contributed by atoms with Gasteiger partial charge in [0.25, 0.3) is 0 Å². The average Bonchev–Trinajstić information content (AvgIpc) is 1.96. The van der Waals surface area contributed by atoms with Crippen molar-refractivity contribution >= 4 is 0 Å². The SMILES string of the molecule is CN(C)C(C([NH+](C)C)[NH+](C)C)N(C)C. The Bertz CT molecular complexity index is 120. The summed E-state index contributed by atoms with van der Waals surface area (Å²) in [5.41, 5.74) is 0. The van der Waals surface area contributed by atoms with E-state index < -0.39 is 0 Å². The number of nitrogens with one attached hydrogen (secondary N) is 2. The van der Waals surface area contributed by atoms with Crippen LogP contribution in [0.5, 0.6) is 0 Å². The van der Waals surface area contributed by atoms with E-state index in [2.05, 4.69) is 66.2 Å². The molecule has 0 aliphatic heterocycles. The molecule has 0 aromatic heterocycles. The highest BCUT2D eigenvalue weighted by atomic mass is 15.4. The minimum atomic E-state index is 0.463. The second-order valence-corrected chi connectivity index (χ2v) is 4.97. The van der Waals surface area contributed by atoms with Gasteiger partial charge in [-0.05, 0) is 28.2 Å². The molecule has 4 heteroatoms. The number of quaternary nitrogens is 2. The quantitative estimate of drug-likeness (QED) is 0.466. The van der Waals surface area contributed by atoms with Gasteiger partial charge in [0.2, 0.25) is 6.17 Å². The van der Waals surface area contributed by atoms with Crippen LogP contribution in [0.3, 0.4) is 0 Å². The number of rotatable bonds is 5. The third kappa shape index (κ3) is 3.53. The first-order chi connectivity index (χ1) is 6.29. The van der Waals surface area contributed by atoms with Gasteiger partial charge in [0, 0.05) is 0 Å². The van der Waals surface area contributed by atoms with E-state index in [1.54, 1.807) is 0 Å². The molecule has 0 aromatic carbocycles. The summed E-state index contributed by atoms with van der Waals surface area (Å²) in [5.74, 6) is 0. The molecule has 86 valence electrons. The van der Waals surface area contributed by atoms with E-state index in [9.17, 15) is 0 Å². The summed E-state index contributed by atoms with van der Waals surface area (Å²) in [5, 5.41) is 0. The van der Waals surface area contributed by atoms with E-state index in [1.807, 2.05) is 0 Å². The van der Waals surface area contributed by atoms with Crippen molar-refractivity contribution in [1.82, 2.24) is 9.80 Å². The van der Waals surface area contributed by atoms with E-state index in [0.29, 0.717) is 12.3 Å². The Labute approximate surface area is 89.1 Å². The van der Waals surface area contributed by atoms with Crippen molar-refractivity contribution in [3.05, 3.63) is 0 Å². The summed E-state index contributed by atoms with van der Waals surface area (Å²) in [6.45, 7) is 0. The summed E-state index contributed by atoms with van der Waals surface area (Å²) >= 11 is 0. The molecule has 0 spiro atoms. The third-order valence-electron chi connectivity index (χ3n) is 2.60. The zero-order valence-corrected chi connectivity index (χ0v) is 11.0. The van der Waals surface area contributed by atoms with Gasteiger partial charge in [-0.15, -0.1) is 0 Å². The van der Waals surface area contributed by atoms with Crippen LogP contribution in [0.4, 0.5) is 0 Å². The highest BCUT2D eigenvalue weighted by molar-refractivity contribution is 4.64. The van der Waals surface area contributed by atoms with Gasteiger partial charge in [0.05, 0.1) is 28.2 Å². The molecule has 4 nitrogen and oxygen atoms in total. The molecule has 0 saturated heterocycles. The Hall–Kier alpha value is -0.160. The lowest BCUT2D eigenvalue weighted by molar-refractivity contribution is -1.09. The first kappa shape index (κ1) is 13.8. The van der Waals surface area contributed by atoms with Crippen molar-refractivity contribution in [2.75, 3.05) is 56.4 Å². The molecule has 0 bridgehead atoms. The number of nitrogens with zero attached hydrogens (tertiary/aromatic N) is 2. The second-order valence-electron chi connectivity index (χ2n) is 4.97. The first-order valence-corrected chi connectivity index (χ1v) is 5.22. The van der Waals surface area contributed by atoms with Crippen molar-refractivity contribution in [2.45, 2.75) is 12.3 Å². The maximum Gasteiger partial charge on any atom is 0.242 e. The molecule has 0 aliphatic carbocycles. The zero-order chi connectivity index (χ0) is 11.5. The Morgan fingerprint density at radius 3 is 1.07 bits per heavy atom. The van der Waals surface area contributed by atoms with Gasteiger partial charge < -0.3 is 0 Å². The molecule has 0 fully saturated rings. The molecule has 2 N–H and O–H groups in total. The van der Waals surface area contributed by atoms with Crippen molar-refractivity contribution in [2.24, 2.45) is 0 Å². The van der Waals surface area contributed by atoms with E-state index in [0.717, 1.165) is 0 Å². The van der Waals surface area contributed by atoms with Crippen LogP contribution in [-0.2, 0) is 0 Å². The van der Waals surface area contributed by atoms with Crippen molar-refractivity contribution in [3.8, 4) is 0 Å². The molecule has 0 saturated carbocycles. The molecule has 0 radical (unpaired) electrons. The monoisotopic (exact) mass is 204 g/mol. The lowest BCUT2D eigenvalue weighted by Crippen LogP contribution is -3.33. The van der Waals surface area contributed by atoms with Crippen LogP contribution in [0.1, 0.15) is 0 Å². The normalized spacial score (nSPS) is 13.3. The molecule has 0 aliphatic rings. The third-order valence-corrected chi connectivity index (χ3v) is 2.60. The van der Waals surface area contributed by atoms with Crippen LogP contribution in [0, 0.1) is 0 Å². The molecule has 14 heavy (non-hydrogen) atoms. The summed E-state index contributed by atoms with van der Waals surface area (Å²) < 4.78 is 0. The Balaban J connectivity index is 4.74. The maximum atomic E-state index is 2.28. The summed E-state index contributed by atoms with van der Waals surface area (Å²) in [7, 11) is 17.4. The fourth-order valence-electron chi connectivity index (χ4n) is 2.23. The number of likely N-dealkylation sites (N-methyl/N-ethyl adjacent to an activating group) is 4. The molecular weight excluding hydrogens is 176 g/mol. The van der Waals surface area contributed by atoms with Crippen LogP contribution >= 0.6 is 0 Å².